The molecule has 0 saturated heterocycles. The van der Waals surface area contributed by atoms with E-state index in [0.29, 0.717) is 0 Å². The number of benzene rings is 1. The van der Waals surface area contributed by atoms with Crippen LogP contribution in [0.3, 0.4) is 0 Å². The maximum absolute atomic E-state index is 6.29. The monoisotopic (exact) mass is 262 g/mol. The molecule has 1 heterocycles. The highest BCUT2D eigenvalue weighted by molar-refractivity contribution is 6.35. The van der Waals surface area contributed by atoms with Gasteiger partial charge in [-0.1, -0.05) is 30.5 Å². The maximum Gasteiger partial charge on any atom is 0.0499 e. The number of fused-ring (bicyclic) bond motifs is 1. The van der Waals surface area contributed by atoms with E-state index in [4.69, 9.17) is 17.3 Å². The Morgan fingerprint density at radius 1 is 1.33 bits per heavy atom. The Hall–Kier alpha value is -0.990. The molecule has 96 valence electrons. The minimum atomic E-state index is 0.164. The Bertz CT molecular complexity index is 579. The summed E-state index contributed by atoms with van der Waals surface area (Å²) in [5.41, 5.74) is 8.81. The number of aryl methyl sites for hydroxylation is 1. The highest BCUT2D eigenvalue weighted by atomic mass is 35.5. The molecule has 1 fully saturated rings. The van der Waals surface area contributed by atoms with E-state index in [2.05, 4.69) is 23.7 Å². The first-order valence-corrected chi connectivity index (χ1v) is 7.00. The molecule has 1 aliphatic rings. The molecular formula is C15H19ClN2. The molecule has 1 saturated carbocycles. The second-order valence-electron chi connectivity index (χ2n) is 5.45. The second kappa shape index (κ2) is 4.29. The molecule has 1 aromatic heterocycles. The maximum atomic E-state index is 6.29. The van der Waals surface area contributed by atoms with Crippen LogP contribution in [-0.2, 0) is 12.5 Å². The average Bonchev–Trinajstić information content (AvgIpc) is 2.97. The van der Waals surface area contributed by atoms with E-state index < -0.39 is 0 Å². The van der Waals surface area contributed by atoms with Gasteiger partial charge in [-0.3, -0.25) is 0 Å². The Kier molecular flexibility index (Phi) is 2.87. The number of halogens is 1. The fraction of sp³-hybridized carbons (Fsp3) is 0.467. The summed E-state index contributed by atoms with van der Waals surface area (Å²) in [4.78, 5) is 0. The summed E-state index contributed by atoms with van der Waals surface area (Å²) in [5, 5.41) is 1.98. The van der Waals surface area contributed by atoms with E-state index in [1.54, 1.807) is 0 Å². The van der Waals surface area contributed by atoms with Gasteiger partial charge in [0.2, 0.25) is 0 Å². The van der Waals surface area contributed by atoms with Crippen molar-refractivity contribution in [2.45, 2.75) is 31.1 Å². The van der Waals surface area contributed by atoms with Crippen LogP contribution in [-0.4, -0.2) is 11.1 Å². The SMILES string of the molecule is Cn1c(C2(CN)CCCC2)cc2c(Cl)cccc21. The van der Waals surface area contributed by atoms with Gasteiger partial charge in [-0.05, 0) is 31.0 Å². The third kappa shape index (κ3) is 1.59. The number of hydrogen-bond acceptors (Lipinski definition) is 1. The molecule has 0 spiro atoms. The lowest BCUT2D eigenvalue weighted by Crippen LogP contribution is -2.33. The van der Waals surface area contributed by atoms with E-state index in [9.17, 15) is 0 Å². The van der Waals surface area contributed by atoms with E-state index in [0.717, 1.165) is 17.0 Å². The lowest BCUT2D eigenvalue weighted by molar-refractivity contribution is 0.428. The van der Waals surface area contributed by atoms with Crippen LogP contribution < -0.4 is 5.73 Å². The number of nitrogens with two attached hydrogens (primary N) is 1. The number of hydrogen-bond donors (Lipinski definition) is 1. The van der Waals surface area contributed by atoms with Crippen LogP contribution in [0.15, 0.2) is 24.3 Å². The van der Waals surface area contributed by atoms with E-state index >= 15 is 0 Å². The van der Waals surface area contributed by atoms with Gasteiger partial charge in [-0.15, -0.1) is 0 Å². The largest absolute Gasteiger partial charge is 0.347 e. The van der Waals surface area contributed by atoms with Crippen molar-refractivity contribution >= 4 is 22.5 Å². The lowest BCUT2D eigenvalue weighted by atomic mass is 9.82. The molecule has 0 bridgehead atoms. The zero-order chi connectivity index (χ0) is 12.8. The van der Waals surface area contributed by atoms with Gasteiger partial charge in [0.15, 0.2) is 0 Å². The molecule has 3 rings (SSSR count). The summed E-state index contributed by atoms with van der Waals surface area (Å²) >= 11 is 6.29. The third-order valence-electron chi connectivity index (χ3n) is 4.53. The first-order chi connectivity index (χ1) is 8.68. The summed E-state index contributed by atoms with van der Waals surface area (Å²) < 4.78 is 2.28. The summed E-state index contributed by atoms with van der Waals surface area (Å²) in [6.07, 6.45) is 4.97. The number of nitrogens with zero attached hydrogens (tertiary/aromatic N) is 1. The lowest BCUT2D eigenvalue weighted by Gasteiger charge is -2.28. The molecule has 3 heteroatoms. The summed E-state index contributed by atoms with van der Waals surface area (Å²) in [7, 11) is 2.13. The van der Waals surface area contributed by atoms with Gasteiger partial charge in [-0.25, -0.2) is 0 Å². The fourth-order valence-corrected chi connectivity index (χ4v) is 3.67. The highest BCUT2D eigenvalue weighted by Crippen LogP contribution is 2.42. The van der Waals surface area contributed by atoms with Crippen LogP contribution >= 0.6 is 11.6 Å². The quantitative estimate of drug-likeness (QED) is 0.881. The molecule has 0 unspecified atom stereocenters. The first-order valence-electron chi connectivity index (χ1n) is 6.62. The van der Waals surface area contributed by atoms with Crippen LogP contribution in [0.5, 0.6) is 0 Å². The van der Waals surface area contributed by atoms with Gasteiger partial charge in [0, 0.05) is 40.6 Å². The average molecular weight is 263 g/mol. The van der Waals surface area contributed by atoms with Crippen LogP contribution in [0.2, 0.25) is 5.02 Å². The summed E-state index contributed by atoms with van der Waals surface area (Å²) in [6.45, 7) is 0.731. The summed E-state index contributed by atoms with van der Waals surface area (Å²) in [5.74, 6) is 0. The van der Waals surface area contributed by atoms with Crippen LogP contribution in [0.1, 0.15) is 31.4 Å². The summed E-state index contributed by atoms with van der Waals surface area (Å²) in [6, 6.07) is 8.34. The van der Waals surface area contributed by atoms with Crippen molar-refractivity contribution in [3.05, 3.63) is 35.0 Å². The van der Waals surface area contributed by atoms with Crippen LogP contribution in [0.4, 0.5) is 0 Å². The van der Waals surface area contributed by atoms with E-state index in [1.807, 2.05) is 12.1 Å². The molecule has 0 radical (unpaired) electrons. The number of rotatable bonds is 2. The highest BCUT2D eigenvalue weighted by Gasteiger charge is 2.36. The Balaban J connectivity index is 2.23. The van der Waals surface area contributed by atoms with Gasteiger partial charge < -0.3 is 10.3 Å². The van der Waals surface area contributed by atoms with Crippen LogP contribution in [0, 0.1) is 0 Å². The Morgan fingerprint density at radius 3 is 2.67 bits per heavy atom. The molecule has 0 atom stereocenters. The molecule has 2 N–H and O–H groups in total. The van der Waals surface area contributed by atoms with Gasteiger partial charge in [0.1, 0.15) is 0 Å². The van der Waals surface area contributed by atoms with Crippen molar-refractivity contribution in [2.24, 2.45) is 12.8 Å². The second-order valence-corrected chi connectivity index (χ2v) is 5.86. The number of aromatic nitrogens is 1. The van der Waals surface area contributed by atoms with Crippen molar-refractivity contribution < 1.29 is 0 Å². The van der Waals surface area contributed by atoms with Crippen molar-refractivity contribution in [1.82, 2.24) is 4.57 Å². The molecule has 0 amide bonds. The first kappa shape index (κ1) is 12.1. The standard InChI is InChI=1S/C15H19ClN2/c1-18-13-6-4-5-12(16)11(13)9-14(18)15(10-17)7-2-3-8-15/h4-6,9H,2-3,7-8,10,17H2,1H3. The van der Waals surface area contributed by atoms with Gasteiger partial charge in [-0.2, -0.15) is 0 Å². The third-order valence-corrected chi connectivity index (χ3v) is 4.86. The molecule has 18 heavy (non-hydrogen) atoms. The molecule has 2 nitrogen and oxygen atoms in total. The van der Waals surface area contributed by atoms with Crippen molar-refractivity contribution in [1.29, 1.82) is 0 Å². The topological polar surface area (TPSA) is 30.9 Å². The van der Waals surface area contributed by atoms with Gasteiger partial charge >= 0.3 is 0 Å². The molecule has 1 aromatic carbocycles. The molecule has 0 aliphatic heterocycles. The predicted octanol–water partition coefficient (Wildman–Crippen LogP) is 3.60. The Labute approximate surface area is 113 Å². The Morgan fingerprint density at radius 2 is 2.06 bits per heavy atom. The molecular weight excluding hydrogens is 244 g/mol. The van der Waals surface area contributed by atoms with E-state index in [-0.39, 0.29) is 5.41 Å². The van der Waals surface area contributed by atoms with Gasteiger partial charge in [0.25, 0.3) is 0 Å². The van der Waals surface area contributed by atoms with Crippen molar-refractivity contribution in [2.75, 3.05) is 6.54 Å². The van der Waals surface area contributed by atoms with E-state index in [1.165, 1.54) is 36.9 Å². The zero-order valence-corrected chi connectivity index (χ0v) is 11.5. The van der Waals surface area contributed by atoms with Crippen molar-refractivity contribution in [3.63, 3.8) is 0 Å². The zero-order valence-electron chi connectivity index (χ0n) is 10.7. The smallest absolute Gasteiger partial charge is 0.0499 e. The normalized spacial score (nSPS) is 18.6. The fourth-order valence-electron chi connectivity index (χ4n) is 3.45. The minimum absolute atomic E-state index is 0.164. The molecule has 1 aliphatic carbocycles. The predicted molar refractivity (Wildman–Crippen MR) is 77.1 cm³/mol. The van der Waals surface area contributed by atoms with Crippen LogP contribution in [0.25, 0.3) is 10.9 Å². The molecule has 2 aromatic rings. The minimum Gasteiger partial charge on any atom is -0.347 e. The van der Waals surface area contributed by atoms with Crippen molar-refractivity contribution in [3.8, 4) is 0 Å². The van der Waals surface area contributed by atoms with Gasteiger partial charge in [0.05, 0.1) is 0 Å².